The number of carbonyl (C=O) groups is 2. The van der Waals surface area contributed by atoms with Gasteiger partial charge in [-0.05, 0) is 59.3 Å². The van der Waals surface area contributed by atoms with E-state index in [2.05, 4.69) is 0 Å². The third-order valence-corrected chi connectivity index (χ3v) is 6.55. The van der Waals surface area contributed by atoms with Gasteiger partial charge in [0.2, 0.25) is 0 Å². The SMILES string of the molecule is O=C1S/C(=C\c2ccc(OCc3ccccc3Cl)c(Cl)c2)C(=O)N1Cc1ccc(Cl)cc1. The number of hydrogen-bond acceptors (Lipinski definition) is 4. The summed E-state index contributed by atoms with van der Waals surface area (Å²) in [5.41, 5.74) is 2.36. The van der Waals surface area contributed by atoms with E-state index in [4.69, 9.17) is 39.5 Å². The highest BCUT2D eigenvalue weighted by Gasteiger charge is 2.35. The Hall–Kier alpha value is -2.44. The first-order valence-corrected chi connectivity index (χ1v) is 11.5. The Balaban J connectivity index is 1.45. The van der Waals surface area contributed by atoms with Gasteiger partial charge in [-0.1, -0.05) is 71.2 Å². The van der Waals surface area contributed by atoms with Crippen molar-refractivity contribution in [1.29, 1.82) is 0 Å². The molecule has 0 atom stereocenters. The van der Waals surface area contributed by atoms with E-state index in [0.717, 1.165) is 22.9 Å². The zero-order valence-corrected chi connectivity index (χ0v) is 19.6. The van der Waals surface area contributed by atoms with Crippen molar-refractivity contribution in [3.63, 3.8) is 0 Å². The monoisotopic (exact) mass is 503 g/mol. The number of thioether (sulfide) groups is 1. The molecule has 4 nitrogen and oxygen atoms in total. The summed E-state index contributed by atoms with van der Waals surface area (Å²) in [5, 5.41) is 1.29. The molecule has 8 heteroatoms. The number of benzene rings is 3. The molecule has 1 fully saturated rings. The molecule has 162 valence electrons. The lowest BCUT2D eigenvalue weighted by molar-refractivity contribution is -0.123. The zero-order valence-electron chi connectivity index (χ0n) is 16.6. The number of carbonyl (C=O) groups excluding carboxylic acids is 2. The molecule has 0 unspecified atom stereocenters. The number of rotatable bonds is 6. The highest BCUT2D eigenvalue weighted by Crippen LogP contribution is 2.35. The van der Waals surface area contributed by atoms with Gasteiger partial charge in [0.05, 0.1) is 16.5 Å². The molecule has 1 heterocycles. The van der Waals surface area contributed by atoms with E-state index in [1.807, 2.05) is 18.2 Å². The fourth-order valence-electron chi connectivity index (χ4n) is 3.05. The van der Waals surface area contributed by atoms with Gasteiger partial charge in [-0.25, -0.2) is 0 Å². The molecular weight excluding hydrogens is 489 g/mol. The molecule has 0 spiro atoms. The summed E-state index contributed by atoms with van der Waals surface area (Å²) >= 11 is 19.3. The quantitative estimate of drug-likeness (QED) is 0.327. The van der Waals surface area contributed by atoms with Crippen molar-refractivity contribution < 1.29 is 14.3 Å². The Labute approximate surface area is 204 Å². The molecule has 3 aromatic carbocycles. The maximum absolute atomic E-state index is 12.8. The van der Waals surface area contributed by atoms with Crippen molar-refractivity contribution in [2.45, 2.75) is 13.2 Å². The topological polar surface area (TPSA) is 46.6 Å². The lowest BCUT2D eigenvalue weighted by atomic mass is 10.2. The van der Waals surface area contributed by atoms with Crippen LogP contribution in [0.5, 0.6) is 5.75 Å². The van der Waals surface area contributed by atoms with Crippen LogP contribution >= 0.6 is 46.6 Å². The average molecular weight is 505 g/mol. The summed E-state index contributed by atoms with van der Waals surface area (Å²) in [5.74, 6) is 0.157. The van der Waals surface area contributed by atoms with Crippen LogP contribution in [-0.2, 0) is 17.9 Å². The molecule has 32 heavy (non-hydrogen) atoms. The van der Waals surface area contributed by atoms with Crippen LogP contribution in [-0.4, -0.2) is 16.0 Å². The van der Waals surface area contributed by atoms with Crippen LogP contribution in [0.1, 0.15) is 16.7 Å². The minimum absolute atomic E-state index is 0.189. The van der Waals surface area contributed by atoms with Crippen LogP contribution in [0.2, 0.25) is 15.1 Å². The third kappa shape index (κ3) is 5.30. The number of amides is 2. The van der Waals surface area contributed by atoms with Gasteiger partial charge in [0, 0.05) is 15.6 Å². The molecule has 0 bridgehead atoms. The second-order valence-corrected chi connectivity index (χ2v) is 9.21. The van der Waals surface area contributed by atoms with Crippen LogP contribution in [0.15, 0.2) is 71.6 Å². The first kappa shape index (κ1) is 22.7. The first-order valence-electron chi connectivity index (χ1n) is 9.56. The third-order valence-electron chi connectivity index (χ3n) is 4.72. The van der Waals surface area contributed by atoms with E-state index in [0.29, 0.717) is 31.3 Å². The predicted octanol–water partition coefficient (Wildman–Crippen LogP) is 7.46. The van der Waals surface area contributed by atoms with Gasteiger partial charge in [0.25, 0.3) is 11.1 Å². The van der Waals surface area contributed by atoms with Crippen LogP contribution in [0.3, 0.4) is 0 Å². The second-order valence-electron chi connectivity index (χ2n) is 6.96. The van der Waals surface area contributed by atoms with E-state index in [-0.39, 0.29) is 24.3 Å². The normalized spacial score (nSPS) is 15.0. The second kappa shape index (κ2) is 10.0. The Kier molecular flexibility index (Phi) is 7.11. The minimum atomic E-state index is -0.342. The van der Waals surface area contributed by atoms with E-state index < -0.39 is 0 Å². The van der Waals surface area contributed by atoms with Crippen LogP contribution in [0, 0.1) is 0 Å². The van der Waals surface area contributed by atoms with E-state index in [1.165, 1.54) is 4.90 Å². The molecule has 0 saturated carbocycles. The summed E-state index contributed by atoms with van der Waals surface area (Å²) in [4.78, 5) is 26.7. The van der Waals surface area contributed by atoms with E-state index >= 15 is 0 Å². The predicted molar refractivity (Wildman–Crippen MR) is 130 cm³/mol. The first-order chi connectivity index (χ1) is 15.4. The highest BCUT2D eigenvalue weighted by atomic mass is 35.5. The summed E-state index contributed by atoms with van der Waals surface area (Å²) in [6.07, 6.45) is 1.65. The summed E-state index contributed by atoms with van der Waals surface area (Å²) in [7, 11) is 0. The summed E-state index contributed by atoms with van der Waals surface area (Å²) in [6, 6.07) is 19.6. The smallest absolute Gasteiger partial charge is 0.293 e. The van der Waals surface area contributed by atoms with Crippen molar-refractivity contribution in [2.24, 2.45) is 0 Å². The van der Waals surface area contributed by atoms with Gasteiger partial charge in [0.1, 0.15) is 12.4 Å². The Morgan fingerprint density at radius 3 is 2.38 bits per heavy atom. The molecule has 0 aromatic heterocycles. The molecule has 0 radical (unpaired) electrons. The maximum atomic E-state index is 12.8. The Bertz CT molecular complexity index is 1210. The lowest BCUT2D eigenvalue weighted by Gasteiger charge is -2.12. The average Bonchev–Trinajstić information content (AvgIpc) is 3.03. The maximum Gasteiger partial charge on any atom is 0.293 e. The summed E-state index contributed by atoms with van der Waals surface area (Å²) < 4.78 is 5.78. The molecule has 1 aliphatic heterocycles. The largest absolute Gasteiger partial charge is 0.487 e. The molecule has 0 N–H and O–H groups in total. The number of ether oxygens (including phenoxy) is 1. The van der Waals surface area contributed by atoms with Gasteiger partial charge in [0.15, 0.2) is 0 Å². The van der Waals surface area contributed by atoms with Gasteiger partial charge >= 0.3 is 0 Å². The van der Waals surface area contributed by atoms with Gasteiger partial charge in [-0.3, -0.25) is 14.5 Å². The van der Waals surface area contributed by atoms with Crippen molar-refractivity contribution in [1.82, 2.24) is 4.90 Å². The molecular formula is C24H16Cl3NO3S. The van der Waals surface area contributed by atoms with Crippen molar-refractivity contribution in [3.8, 4) is 5.75 Å². The molecule has 1 aliphatic rings. The standard InChI is InChI=1S/C24H16Cl3NO3S/c25-18-8-5-15(6-9-18)13-28-23(29)22(32-24(28)30)12-16-7-10-21(20(27)11-16)31-14-17-3-1-2-4-19(17)26/h1-12H,13-14H2/b22-12-. The number of hydrogen-bond donors (Lipinski definition) is 0. The Morgan fingerprint density at radius 1 is 0.906 bits per heavy atom. The molecule has 2 amide bonds. The lowest BCUT2D eigenvalue weighted by Crippen LogP contribution is -2.27. The van der Waals surface area contributed by atoms with Crippen LogP contribution in [0.25, 0.3) is 6.08 Å². The van der Waals surface area contributed by atoms with Gasteiger partial charge in [-0.15, -0.1) is 0 Å². The summed E-state index contributed by atoms with van der Waals surface area (Å²) in [6.45, 7) is 0.469. The molecule has 0 aliphatic carbocycles. The van der Waals surface area contributed by atoms with E-state index in [1.54, 1.807) is 54.6 Å². The molecule has 4 rings (SSSR count). The zero-order chi connectivity index (χ0) is 22.7. The number of nitrogens with zero attached hydrogens (tertiary/aromatic N) is 1. The van der Waals surface area contributed by atoms with Gasteiger partial charge < -0.3 is 4.74 Å². The Morgan fingerprint density at radius 2 is 1.66 bits per heavy atom. The van der Waals surface area contributed by atoms with Crippen LogP contribution in [0.4, 0.5) is 4.79 Å². The fraction of sp³-hybridized carbons (Fsp3) is 0.0833. The van der Waals surface area contributed by atoms with Crippen molar-refractivity contribution in [3.05, 3.63) is 103 Å². The minimum Gasteiger partial charge on any atom is -0.487 e. The fourth-order valence-corrected chi connectivity index (χ4v) is 4.45. The number of imide groups is 1. The van der Waals surface area contributed by atoms with Crippen molar-refractivity contribution in [2.75, 3.05) is 0 Å². The van der Waals surface area contributed by atoms with Gasteiger partial charge in [-0.2, -0.15) is 0 Å². The highest BCUT2D eigenvalue weighted by molar-refractivity contribution is 8.18. The molecule has 1 saturated heterocycles. The molecule has 3 aromatic rings. The van der Waals surface area contributed by atoms with E-state index in [9.17, 15) is 9.59 Å². The number of halogens is 3. The van der Waals surface area contributed by atoms with Crippen molar-refractivity contribution >= 4 is 63.8 Å². The van der Waals surface area contributed by atoms with Crippen LogP contribution < -0.4 is 4.74 Å².